The lowest BCUT2D eigenvalue weighted by Gasteiger charge is -2.15. The summed E-state index contributed by atoms with van der Waals surface area (Å²) in [6.07, 6.45) is 1.49. The highest BCUT2D eigenvalue weighted by Gasteiger charge is 2.22. The van der Waals surface area contributed by atoms with Crippen LogP contribution in [0.5, 0.6) is 0 Å². The van der Waals surface area contributed by atoms with Gasteiger partial charge in [-0.25, -0.2) is 9.97 Å². The quantitative estimate of drug-likeness (QED) is 0.492. The van der Waals surface area contributed by atoms with Crippen LogP contribution in [0.25, 0.3) is 21.9 Å². The Labute approximate surface area is 176 Å². The normalized spacial score (nSPS) is 12.5. The molecule has 31 heavy (non-hydrogen) atoms. The third-order valence-corrected chi connectivity index (χ3v) is 5.18. The fourth-order valence-corrected chi connectivity index (χ4v) is 3.55. The Morgan fingerprint density at radius 2 is 1.81 bits per heavy atom. The first-order chi connectivity index (χ1) is 15.0. The number of aryl methyl sites for hydroxylation is 1. The van der Waals surface area contributed by atoms with Gasteiger partial charge in [-0.15, -0.1) is 0 Å². The van der Waals surface area contributed by atoms with Gasteiger partial charge in [0, 0.05) is 25.4 Å². The molecule has 2 aromatic carbocycles. The molecule has 0 aliphatic carbocycles. The molecule has 1 atom stereocenters. The number of rotatable bonds is 7. The molecule has 2 heterocycles. The molecule has 9 heteroatoms. The molecule has 4 aromatic rings. The molecule has 0 fully saturated rings. The van der Waals surface area contributed by atoms with Crippen LogP contribution >= 0.6 is 0 Å². The fourth-order valence-electron chi connectivity index (χ4n) is 3.55. The minimum absolute atomic E-state index is 0.0674. The van der Waals surface area contributed by atoms with E-state index >= 15 is 0 Å². The van der Waals surface area contributed by atoms with Crippen molar-refractivity contribution in [2.24, 2.45) is 0 Å². The summed E-state index contributed by atoms with van der Waals surface area (Å²) in [7, 11) is 0. The summed E-state index contributed by atoms with van der Waals surface area (Å²) in [6, 6.07) is 13.7. The van der Waals surface area contributed by atoms with Gasteiger partial charge >= 0.3 is 6.55 Å². The first-order valence-corrected chi connectivity index (χ1v) is 9.91. The van der Waals surface area contributed by atoms with Crippen LogP contribution in [-0.4, -0.2) is 31.6 Å². The number of para-hydroxylation sites is 3. The number of halogens is 2. The van der Waals surface area contributed by atoms with Crippen LogP contribution < -0.4 is 10.9 Å². The van der Waals surface area contributed by atoms with Crippen LogP contribution in [0.3, 0.4) is 0 Å². The molecule has 0 aliphatic rings. The van der Waals surface area contributed by atoms with Crippen molar-refractivity contribution in [3.8, 4) is 0 Å². The van der Waals surface area contributed by atoms with E-state index in [9.17, 15) is 18.4 Å². The molecule has 0 spiro atoms. The average molecular weight is 425 g/mol. The Morgan fingerprint density at radius 1 is 1.10 bits per heavy atom. The zero-order chi connectivity index (χ0) is 22.0. The highest BCUT2D eigenvalue weighted by Crippen LogP contribution is 2.27. The highest BCUT2D eigenvalue weighted by atomic mass is 19.3. The van der Waals surface area contributed by atoms with Crippen LogP contribution in [0.4, 0.5) is 8.78 Å². The molecule has 4 rings (SSSR count). The maximum absolute atomic E-state index is 13.6. The Kier molecular flexibility index (Phi) is 5.75. The summed E-state index contributed by atoms with van der Waals surface area (Å²) in [4.78, 5) is 33.3. The van der Waals surface area contributed by atoms with Gasteiger partial charge in [0.2, 0.25) is 5.91 Å². The van der Waals surface area contributed by atoms with Gasteiger partial charge in [-0.05, 0) is 24.3 Å². The number of nitrogens with one attached hydrogen (secondary N) is 1. The number of imidazole rings is 1. The predicted octanol–water partition coefficient (Wildman–Crippen LogP) is 3.45. The average Bonchev–Trinajstić information content (AvgIpc) is 3.17. The Morgan fingerprint density at radius 3 is 2.58 bits per heavy atom. The van der Waals surface area contributed by atoms with Crippen molar-refractivity contribution in [3.05, 3.63) is 71.0 Å². The number of amides is 1. The Bertz CT molecular complexity index is 1300. The zero-order valence-corrected chi connectivity index (χ0v) is 16.8. The largest absolute Gasteiger partial charge is 0.355 e. The van der Waals surface area contributed by atoms with Crippen molar-refractivity contribution in [2.45, 2.75) is 32.4 Å². The van der Waals surface area contributed by atoms with Gasteiger partial charge in [0.15, 0.2) is 0 Å². The molecular weight excluding hydrogens is 404 g/mol. The molecule has 1 N–H and O–H groups in total. The van der Waals surface area contributed by atoms with E-state index in [-0.39, 0.29) is 36.8 Å². The summed E-state index contributed by atoms with van der Waals surface area (Å²) in [5.41, 5.74) is 1.23. The molecule has 0 saturated heterocycles. The SMILES string of the molecule is CC(CNC(=O)CCn1cnc2ccccc2c1=O)c1nc2ccccc2n1C(F)F. The number of carbonyl (C=O) groups is 1. The van der Waals surface area contributed by atoms with E-state index in [0.29, 0.717) is 21.9 Å². The van der Waals surface area contributed by atoms with Gasteiger partial charge in [0.1, 0.15) is 5.82 Å². The summed E-state index contributed by atoms with van der Waals surface area (Å²) in [6.45, 7) is -0.669. The summed E-state index contributed by atoms with van der Waals surface area (Å²) in [5, 5.41) is 3.24. The van der Waals surface area contributed by atoms with Gasteiger partial charge in [-0.1, -0.05) is 31.2 Å². The number of fused-ring (bicyclic) bond motifs is 2. The number of alkyl halides is 2. The molecule has 7 nitrogen and oxygen atoms in total. The van der Waals surface area contributed by atoms with E-state index in [1.54, 1.807) is 55.5 Å². The molecule has 0 aliphatic heterocycles. The smallest absolute Gasteiger partial charge is 0.320 e. The second-order valence-electron chi connectivity index (χ2n) is 7.32. The first-order valence-electron chi connectivity index (χ1n) is 9.91. The fraction of sp³-hybridized carbons (Fsp3) is 0.273. The lowest BCUT2D eigenvalue weighted by molar-refractivity contribution is -0.121. The van der Waals surface area contributed by atoms with Gasteiger partial charge in [0.25, 0.3) is 5.56 Å². The minimum atomic E-state index is -2.73. The lowest BCUT2D eigenvalue weighted by Crippen LogP contribution is -2.30. The van der Waals surface area contributed by atoms with E-state index in [4.69, 9.17) is 0 Å². The van der Waals surface area contributed by atoms with E-state index in [0.717, 1.165) is 4.57 Å². The maximum atomic E-state index is 13.6. The molecule has 1 amide bonds. The van der Waals surface area contributed by atoms with Crippen molar-refractivity contribution in [1.82, 2.24) is 24.4 Å². The Balaban J connectivity index is 1.40. The van der Waals surface area contributed by atoms with Crippen molar-refractivity contribution < 1.29 is 13.6 Å². The van der Waals surface area contributed by atoms with E-state index < -0.39 is 12.5 Å². The third kappa shape index (κ3) is 4.16. The topological polar surface area (TPSA) is 81.8 Å². The van der Waals surface area contributed by atoms with Gasteiger partial charge in [-0.3, -0.25) is 18.7 Å². The molecule has 160 valence electrons. The number of nitrogens with zero attached hydrogens (tertiary/aromatic N) is 4. The second-order valence-corrected chi connectivity index (χ2v) is 7.32. The van der Waals surface area contributed by atoms with Crippen molar-refractivity contribution in [2.75, 3.05) is 6.54 Å². The summed E-state index contributed by atoms with van der Waals surface area (Å²) in [5.74, 6) is -0.492. The first kappa shape index (κ1) is 20.6. The van der Waals surface area contributed by atoms with Gasteiger partial charge in [0.05, 0.1) is 28.3 Å². The van der Waals surface area contributed by atoms with Crippen molar-refractivity contribution in [1.29, 1.82) is 0 Å². The van der Waals surface area contributed by atoms with Crippen LogP contribution in [-0.2, 0) is 11.3 Å². The molecule has 0 radical (unpaired) electrons. The Hall–Kier alpha value is -3.62. The highest BCUT2D eigenvalue weighted by molar-refractivity contribution is 5.78. The summed E-state index contributed by atoms with van der Waals surface area (Å²) >= 11 is 0. The second kappa shape index (κ2) is 8.63. The monoisotopic (exact) mass is 425 g/mol. The van der Waals surface area contributed by atoms with Crippen molar-refractivity contribution >= 4 is 27.8 Å². The van der Waals surface area contributed by atoms with Crippen LogP contribution in [0.15, 0.2) is 59.7 Å². The summed E-state index contributed by atoms with van der Waals surface area (Å²) < 4.78 is 29.5. The molecule has 1 unspecified atom stereocenters. The predicted molar refractivity (Wildman–Crippen MR) is 113 cm³/mol. The standard InChI is InChI=1S/C22H21F2N5O2/c1-14(20-27-17-8-4-5-9-18(17)29(20)22(23)24)12-25-19(30)10-11-28-13-26-16-7-3-2-6-15(16)21(28)31/h2-9,13-14,22H,10-12H2,1H3,(H,25,30). The molecular formula is C22H21F2N5O2. The minimum Gasteiger partial charge on any atom is -0.355 e. The number of carbonyl (C=O) groups excluding carboxylic acids is 1. The number of aromatic nitrogens is 4. The van der Waals surface area contributed by atoms with Gasteiger partial charge in [-0.2, -0.15) is 8.78 Å². The number of hydrogen-bond donors (Lipinski definition) is 1. The van der Waals surface area contributed by atoms with Crippen LogP contribution in [0, 0.1) is 0 Å². The third-order valence-electron chi connectivity index (χ3n) is 5.18. The molecule has 0 bridgehead atoms. The van der Waals surface area contributed by atoms with E-state index in [1.807, 2.05) is 0 Å². The lowest BCUT2D eigenvalue weighted by atomic mass is 10.1. The van der Waals surface area contributed by atoms with Crippen LogP contribution in [0.1, 0.15) is 31.6 Å². The van der Waals surface area contributed by atoms with E-state index in [2.05, 4.69) is 15.3 Å². The van der Waals surface area contributed by atoms with Crippen LogP contribution in [0.2, 0.25) is 0 Å². The molecule has 0 saturated carbocycles. The number of hydrogen-bond acceptors (Lipinski definition) is 4. The van der Waals surface area contributed by atoms with E-state index in [1.165, 1.54) is 10.9 Å². The molecule has 2 aromatic heterocycles. The number of benzene rings is 2. The zero-order valence-electron chi connectivity index (χ0n) is 16.8. The van der Waals surface area contributed by atoms with Gasteiger partial charge < -0.3 is 5.32 Å². The van der Waals surface area contributed by atoms with Crippen molar-refractivity contribution in [3.63, 3.8) is 0 Å². The maximum Gasteiger partial charge on any atom is 0.320 e.